The number of rotatable bonds is 4. The predicted octanol–water partition coefficient (Wildman–Crippen LogP) is 5.04. The fourth-order valence-electron chi connectivity index (χ4n) is 3.39. The van der Waals surface area contributed by atoms with Crippen LogP contribution in [0, 0.1) is 4.77 Å². The molecule has 0 saturated carbocycles. The van der Waals surface area contributed by atoms with Gasteiger partial charge in [0.25, 0.3) is 5.56 Å². The molecule has 0 saturated heterocycles. The Labute approximate surface area is 187 Å². The van der Waals surface area contributed by atoms with Gasteiger partial charge >= 0.3 is 0 Å². The lowest BCUT2D eigenvalue weighted by Gasteiger charge is -2.13. The van der Waals surface area contributed by atoms with Gasteiger partial charge in [-0.1, -0.05) is 18.2 Å². The first-order chi connectivity index (χ1) is 15.6. The first-order valence-electron chi connectivity index (χ1n) is 9.73. The largest absolute Gasteiger partial charge is 0.494 e. The molecule has 0 atom stereocenters. The molecule has 0 bridgehead atoms. The summed E-state index contributed by atoms with van der Waals surface area (Å²) < 4.78 is 7.28. The highest BCUT2D eigenvalue weighted by molar-refractivity contribution is 7.71. The summed E-state index contributed by atoms with van der Waals surface area (Å²) in [5.41, 5.74) is 1.60. The van der Waals surface area contributed by atoms with Crippen molar-refractivity contribution in [3.8, 4) is 23.1 Å². The van der Waals surface area contributed by atoms with Crippen molar-refractivity contribution in [1.29, 1.82) is 0 Å². The number of aromatic nitrogens is 3. The molecule has 7 nitrogen and oxygen atoms in total. The molecular formula is C24H16N4O3S. The van der Waals surface area contributed by atoms with Gasteiger partial charge in [-0.3, -0.25) is 14.3 Å². The zero-order valence-electron chi connectivity index (χ0n) is 16.6. The van der Waals surface area contributed by atoms with Gasteiger partial charge in [-0.2, -0.15) is 0 Å². The number of aromatic hydroxyl groups is 1. The van der Waals surface area contributed by atoms with Crippen LogP contribution in [-0.4, -0.2) is 25.9 Å². The Kier molecular flexibility index (Phi) is 4.97. The standard InChI is InChI=1S/C24H16N4O3S/c29-22-20(13-15-14-26-21-19(15)7-4-12-25-21)23(30)28(24(32)27-22)16-8-10-18(11-9-16)31-17-5-2-1-3-6-17/h1-14,30H,(H,27,29,32). The maximum absolute atomic E-state index is 12.6. The fraction of sp³-hybridized carbons (Fsp3) is 0. The third kappa shape index (κ3) is 3.63. The zero-order valence-corrected chi connectivity index (χ0v) is 17.4. The van der Waals surface area contributed by atoms with Crippen LogP contribution in [0.2, 0.25) is 0 Å². The van der Waals surface area contributed by atoms with E-state index in [1.54, 1.807) is 48.8 Å². The van der Waals surface area contributed by atoms with Gasteiger partial charge in [-0.25, -0.2) is 9.98 Å². The normalized spacial score (nSPS) is 13.3. The average Bonchev–Trinajstić information content (AvgIpc) is 3.21. The Morgan fingerprint density at radius 2 is 1.75 bits per heavy atom. The van der Waals surface area contributed by atoms with Crippen LogP contribution in [-0.2, 0) is 0 Å². The van der Waals surface area contributed by atoms with E-state index < -0.39 is 5.56 Å². The third-order valence-corrected chi connectivity index (χ3v) is 5.20. The number of nitrogens with one attached hydrogen (secondary N) is 1. The molecule has 8 heteroatoms. The van der Waals surface area contributed by atoms with Crippen LogP contribution in [0.25, 0.3) is 17.3 Å². The van der Waals surface area contributed by atoms with Crippen molar-refractivity contribution in [2.24, 2.45) is 4.99 Å². The monoisotopic (exact) mass is 440 g/mol. The van der Waals surface area contributed by atoms with Gasteiger partial charge in [-0.05, 0) is 66.8 Å². The first-order valence-corrected chi connectivity index (χ1v) is 10.1. The SMILES string of the molecule is O=c1[nH]c(=S)n(-c2ccc(Oc3ccccc3)cc2)c(O)c1C=C1C=Nc2ncccc21. The van der Waals surface area contributed by atoms with Crippen LogP contribution in [0.1, 0.15) is 11.1 Å². The van der Waals surface area contributed by atoms with E-state index in [-0.39, 0.29) is 16.2 Å². The van der Waals surface area contributed by atoms with Gasteiger partial charge in [0.05, 0.1) is 5.69 Å². The van der Waals surface area contributed by atoms with Gasteiger partial charge in [0.1, 0.15) is 17.1 Å². The summed E-state index contributed by atoms with van der Waals surface area (Å²) in [6.45, 7) is 0. The van der Waals surface area contributed by atoms with Crippen LogP contribution in [0.4, 0.5) is 5.82 Å². The highest BCUT2D eigenvalue weighted by atomic mass is 32.1. The number of pyridine rings is 1. The number of hydrogen-bond donors (Lipinski definition) is 2. The van der Waals surface area contributed by atoms with E-state index in [2.05, 4.69) is 15.0 Å². The Morgan fingerprint density at radius 1 is 1.00 bits per heavy atom. The van der Waals surface area contributed by atoms with E-state index in [9.17, 15) is 9.90 Å². The molecule has 4 aromatic rings. The molecule has 156 valence electrons. The molecule has 0 amide bonds. The molecule has 0 fully saturated rings. The number of H-pyrrole nitrogens is 1. The van der Waals surface area contributed by atoms with Crippen LogP contribution in [0.15, 0.2) is 82.7 Å². The molecule has 3 heterocycles. The van der Waals surface area contributed by atoms with Crippen LogP contribution in [0.3, 0.4) is 0 Å². The lowest BCUT2D eigenvalue weighted by Crippen LogP contribution is -2.16. The van der Waals surface area contributed by atoms with Crippen LogP contribution >= 0.6 is 12.2 Å². The number of para-hydroxylation sites is 1. The smallest absolute Gasteiger partial charge is 0.262 e. The van der Waals surface area contributed by atoms with E-state index >= 15 is 0 Å². The molecule has 2 aromatic heterocycles. The molecule has 5 rings (SSSR count). The minimum Gasteiger partial charge on any atom is -0.494 e. The molecule has 0 radical (unpaired) electrons. The summed E-state index contributed by atoms with van der Waals surface area (Å²) in [4.78, 5) is 23.6. The maximum Gasteiger partial charge on any atom is 0.262 e. The van der Waals surface area contributed by atoms with E-state index in [4.69, 9.17) is 17.0 Å². The molecule has 1 aliphatic heterocycles. The summed E-state index contributed by atoms with van der Waals surface area (Å²) >= 11 is 5.31. The minimum atomic E-state index is -0.494. The summed E-state index contributed by atoms with van der Waals surface area (Å²) in [5.74, 6) is 1.64. The van der Waals surface area contributed by atoms with Crippen molar-refractivity contribution < 1.29 is 9.84 Å². The second-order valence-electron chi connectivity index (χ2n) is 6.97. The first kappa shape index (κ1) is 19.7. The van der Waals surface area contributed by atoms with Gasteiger partial charge < -0.3 is 9.84 Å². The fourth-order valence-corrected chi connectivity index (χ4v) is 3.68. The Morgan fingerprint density at radius 3 is 2.53 bits per heavy atom. The Hall–Kier alpha value is -4.30. The van der Waals surface area contributed by atoms with Gasteiger partial charge in [-0.15, -0.1) is 0 Å². The van der Waals surface area contributed by atoms with Crippen molar-refractivity contribution in [1.82, 2.24) is 14.5 Å². The number of benzene rings is 2. The summed E-state index contributed by atoms with van der Waals surface area (Å²) in [6.07, 6.45) is 4.83. The van der Waals surface area contributed by atoms with E-state index in [0.29, 0.717) is 28.6 Å². The number of nitrogens with zero attached hydrogens (tertiary/aromatic N) is 3. The topological polar surface area (TPSA) is 92.5 Å². The average molecular weight is 440 g/mol. The molecule has 0 unspecified atom stereocenters. The summed E-state index contributed by atoms with van der Waals surface area (Å²) in [7, 11) is 0. The summed E-state index contributed by atoms with van der Waals surface area (Å²) in [5, 5.41) is 11.0. The highest BCUT2D eigenvalue weighted by Crippen LogP contribution is 2.32. The summed E-state index contributed by atoms with van der Waals surface area (Å²) in [6, 6.07) is 20.1. The second-order valence-corrected chi connectivity index (χ2v) is 7.36. The number of hydrogen-bond acceptors (Lipinski definition) is 6. The number of allylic oxidation sites excluding steroid dienone is 1. The van der Waals surface area contributed by atoms with Crippen molar-refractivity contribution in [3.05, 3.63) is 99.2 Å². The second kappa shape index (κ2) is 8.09. The molecule has 1 aliphatic rings. The van der Waals surface area contributed by atoms with Gasteiger partial charge in [0.2, 0.25) is 5.88 Å². The van der Waals surface area contributed by atoms with Crippen LogP contribution in [0.5, 0.6) is 17.4 Å². The lowest BCUT2D eigenvalue weighted by molar-refractivity contribution is 0.431. The van der Waals surface area contributed by atoms with E-state index in [0.717, 1.165) is 5.56 Å². The third-order valence-electron chi connectivity index (χ3n) is 4.92. The van der Waals surface area contributed by atoms with Crippen molar-refractivity contribution in [2.75, 3.05) is 0 Å². The van der Waals surface area contributed by atoms with Crippen molar-refractivity contribution in [2.45, 2.75) is 0 Å². The minimum absolute atomic E-state index is 0.0707. The maximum atomic E-state index is 12.6. The molecular weight excluding hydrogens is 424 g/mol. The Balaban J connectivity index is 1.53. The van der Waals surface area contributed by atoms with E-state index in [1.165, 1.54) is 4.57 Å². The number of aliphatic imine (C=N–C) groups is 1. The van der Waals surface area contributed by atoms with Gasteiger partial charge in [0, 0.05) is 23.5 Å². The number of ether oxygens (including phenoxy) is 1. The molecule has 2 N–H and O–H groups in total. The van der Waals surface area contributed by atoms with Gasteiger partial charge in [0.15, 0.2) is 10.6 Å². The molecule has 0 spiro atoms. The number of aromatic amines is 1. The zero-order chi connectivity index (χ0) is 22.1. The molecule has 32 heavy (non-hydrogen) atoms. The number of fused-ring (bicyclic) bond motifs is 1. The Bertz CT molecular complexity index is 1490. The quantitative estimate of drug-likeness (QED) is 0.434. The lowest BCUT2D eigenvalue weighted by atomic mass is 10.1. The molecule has 0 aliphatic carbocycles. The van der Waals surface area contributed by atoms with Crippen molar-refractivity contribution >= 4 is 35.9 Å². The molecule has 2 aromatic carbocycles. The van der Waals surface area contributed by atoms with E-state index in [1.807, 2.05) is 36.4 Å². The van der Waals surface area contributed by atoms with Crippen LogP contribution < -0.4 is 10.3 Å². The highest BCUT2D eigenvalue weighted by Gasteiger charge is 2.17. The van der Waals surface area contributed by atoms with Crippen molar-refractivity contribution in [3.63, 3.8) is 0 Å². The predicted molar refractivity (Wildman–Crippen MR) is 126 cm³/mol.